The average molecular weight is 575 g/mol. The smallest absolute Gasteiger partial charge is 0.379 e. The second-order valence-electron chi connectivity index (χ2n) is 9.57. The van der Waals surface area contributed by atoms with Gasteiger partial charge in [-0.2, -0.15) is 26.3 Å². The van der Waals surface area contributed by atoms with E-state index in [1.807, 2.05) is 4.90 Å². The molecular formula is C28H29F7N2O3. The first-order valence-corrected chi connectivity index (χ1v) is 12.7. The predicted molar refractivity (Wildman–Crippen MR) is 131 cm³/mol. The van der Waals surface area contributed by atoms with Gasteiger partial charge in [-0.15, -0.1) is 0 Å². The van der Waals surface area contributed by atoms with Crippen LogP contribution in [0.25, 0.3) is 0 Å². The van der Waals surface area contributed by atoms with Gasteiger partial charge < -0.3 is 14.2 Å². The molecule has 218 valence electrons. The first-order valence-electron chi connectivity index (χ1n) is 12.7. The van der Waals surface area contributed by atoms with Crippen LogP contribution in [0.1, 0.15) is 41.3 Å². The molecule has 2 aromatic rings. The second kappa shape index (κ2) is 12.9. The van der Waals surface area contributed by atoms with Crippen molar-refractivity contribution in [1.82, 2.24) is 9.80 Å². The van der Waals surface area contributed by atoms with E-state index < -0.39 is 47.7 Å². The molecule has 1 unspecified atom stereocenters. The molecule has 0 aliphatic carbocycles. The zero-order chi connectivity index (χ0) is 28.9. The standard InChI is InChI=1S/C28H29F7N2O3/c1-19(21-16-22(27(30,31)32)18-23(17-21)28(33,34)35)40-26-25(20-4-6-24(29)7-5-20)37(12-15-39-26)9-3-2-8-36-10-13-38-14-11-36/h4-7,16-19,25-26H,8-15H2,1H3/t19?,25-,26+/m0/s1. The molecule has 0 amide bonds. The number of rotatable bonds is 6. The summed E-state index contributed by atoms with van der Waals surface area (Å²) in [5.74, 6) is 5.79. The molecule has 2 fully saturated rings. The van der Waals surface area contributed by atoms with Crippen molar-refractivity contribution in [2.24, 2.45) is 0 Å². The summed E-state index contributed by atoms with van der Waals surface area (Å²) >= 11 is 0. The van der Waals surface area contributed by atoms with Gasteiger partial charge in [0.1, 0.15) is 5.82 Å². The highest BCUT2D eigenvalue weighted by Gasteiger charge is 2.39. The van der Waals surface area contributed by atoms with Crippen LogP contribution in [-0.4, -0.2) is 68.6 Å². The summed E-state index contributed by atoms with van der Waals surface area (Å²) in [5.41, 5.74) is -2.55. The van der Waals surface area contributed by atoms with Gasteiger partial charge in [0.25, 0.3) is 0 Å². The summed E-state index contributed by atoms with van der Waals surface area (Å²) in [6, 6.07) is 6.32. The average Bonchev–Trinajstić information content (AvgIpc) is 2.91. The number of hydrogen-bond acceptors (Lipinski definition) is 5. The number of hydrogen-bond donors (Lipinski definition) is 0. The third-order valence-corrected chi connectivity index (χ3v) is 6.75. The van der Waals surface area contributed by atoms with Crippen molar-refractivity contribution >= 4 is 0 Å². The fraction of sp³-hybridized carbons (Fsp3) is 0.500. The molecule has 0 N–H and O–H groups in total. The van der Waals surface area contributed by atoms with Crippen LogP contribution in [0, 0.1) is 17.7 Å². The lowest BCUT2D eigenvalue weighted by Crippen LogP contribution is -2.47. The van der Waals surface area contributed by atoms with Crippen LogP contribution in [0.5, 0.6) is 0 Å². The summed E-state index contributed by atoms with van der Waals surface area (Å²) in [6.07, 6.45) is -12.2. The summed E-state index contributed by atoms with van der Waals surface area (Å²) in [6.45, 7) is 5.70. The molecule has 2 saturated heterocycles. The second-order valence-corrected chi connectivity index (χ2v) is 9.57. The fourth-order valence-electron chi connectivity index (χ4n) is 4.59. The Kier molecular flexibility index (Phi) is 9.74. The highest BCUT2D eigenvalue weighted by Crippen LogP contribution is 2.39. The Labute approximate surface area is 227 Å². The lowest BCUT2D eigenvalue weighted by Gasteiger charge is -2.41. The van der Waals surface area contributed by atoms with Crippen molar-refractivity contribution in [3.63, 3.8) is 0 Å². The molecule has 3 atom stereocenters. The van der Waals surface area contributed by atoms with E-state index in [1.165, 1.54) is 31.2 Å². The van der Waals surface area contributed by atoms with E-state index in [0.717, 1.165) is 13.1 Å². The van der Waals surface area contributed by atoms with Gasteiger partial charge in [-0.25, -0.2) is 4.39 Å². The monoisotopic (exact) mass is 574 g/mol. The van der Waals surface area contributed by atoms with Gasteiger partial charge in [-0.3, -0.25) is 9.80 Å². The quantitative estimate of drug-likeness (QED) is 0.328. The van der Waals surface area contributed by atoms with Gasteiger partial charge in [-0.05, 0) is 48.4 Å². The van der Waals surface area contributed by atoms with Crippen LogP contribution in [0.2, 0.25) is 0 Å². The number of benzene rings is 2. The summed E-state index contributed by atoms with van der Waals surface area (Å²) in [7, 11) is 0. The first kappa shape index (κ1) is 30.3. The lowest BCUT2D eigenvalue weighted by molar-refractivity contribution is -0.228. The van der Waals surface area contributed by atoms with Gasteiger partial charge in [0.2, 0.25) is 0 Å². The van der Waals surface area contributed by atoms with E-state index in [4.69, 9.17) is 14.2 Å². The van der Waals surface area contributed by atoms with Crippen LogP contribution in [-0.2, 0) is 26.6 Å². The predicted octanol–water partition coefficient (Wildman–Crippen LogP) is 5.68. The van der Waals surface area contributed by atoms with E-state index in [2.05, 4.69) is 16.7 Å². The first-order chi connectivity index (χ1) is 18.9. The molecule has 4 rings (SSSR count). The van der Waals surface area contributed by atoms with Crippen LogP contribution >= 0.6 is 0 Å². The van der Waals surface area contributed by atoms with E-state index in [0.29, 0.717) is 50.5 Å². The molecule has 0 bridgehead atoms. The van der Waals surface area contributed by atoms with Crippen LogP contribution in [0.4, 0.5) is 30.7 Å². The molecule has 12 heteroatoms. The maximum atomic E-state index is 13.7. The van der Waals surface area contributed by atoms with E-state index >= 15 is 0 Å². The summed E-state index contributed by atoms with van der Waals surface area (Å²) in [4.78, 5) is 4.10. The van der Waals surface area contributed by atoms with Crippen LogP contribution < -0.4 is 0 Å². The van der Waals surface area contributed by atoms with Gasteiger partial charge in [0.15, 0.2) is 6.29 Å². The van der Waals surface area contributed by atoms with Crippen LogP contribution in [0.15, 0.2) is 42.5 Å². The van der Waals surface area contributed by atoms with Crippen molar-refractivity contribution in [2.75, 3.05) is 52.5 Å². The zero-order valence-electron chi connectivity index (χ0n) is 21.7. The Bertz CT molecular complexity index is 1150. The third kappa shape index (κ3) is 7.95. The maximum Gasteiger partial charge on any atom is 0.416 e. The van der Waals surface area contributed by atoms with Crippen molar-refractivity contribution in [3.8, 4) is 11.8 Å². The SMILES string of the molecule is CC(O[C@H]1OCCN(CC#CCN2CCOCC2)[C@H]1c1ccc(F)cc1)c1cc(C(F)(F)F)cc(C(F)(F)F)c1. The third-order valence-electron chi connectivity index (χ3n) is 6.75. The Morgan fingerprint density at radius 1 is 0.875 bits per heavy atom. The van der Waals surface area contributed by atoms with E-state index in [-0.39, 0.29) is 18.2 Å². The van der Waals surface area contributed by atoms with Gasteiger partial charge >= 0.3 is 12.4 Å². The molecule has 2 heterocycles. The van der Waals surface area contributed by atoms with Crippen LogP contribution in [0.3, 0.4) is 0 Å². The van der Waals surface area contributed by atoms with Crippen molar-refractivity contribution in [2.45, 2.75) is 37.7 Å². The molecule has 0 aromatic heterocycles. The number of morpholine rings is 2. The topological polar surface area (TPSA) is 34.2 Å². The van der Waals surface area contributed by atoms with E-state index in [1.54, 1.807) is 0 Å². The van der Waals surface area contributed by atoms with Crippen molar-refractivity contribution < 1.29 is 44.9 Å². The fourth-order valence-corrected chi connectivity index (χ4v) is 4.59. The Hall–Kier alpha value is -2.69. The lowest BCUT2D eigenvalue weighted by atomic mass is 10.0. The zero-order valence-corrected chi connectivity index (χ0v) is 21.7. The molecule has 2 aliphatic rings. The normalized spacial score (nSPS) is 22.0. The molecule has 0 saturated carbocycles. The molecule has 2 aromatic carbocycles. The molecule has 5 nitrogen and oxygen atoms in total. The highest BCUT2D eigenvalue weighted by molar-refractivity contribution is 5.35. The minimum absolute atomic E-state index is 0.0754. The van der Waals surface area contributed by atoms with Crippen molar-refractivity contribution in [3.05, 3.63) is 70.5 Å². The van der Waals surface area contributed by atoms with Gasteiger partial charge in [0.05, 0.1) is 56.2 Å². The minimum atomic E-state index is -4.98. The number of nitrogens with zero attached hydrogens (tertiary/aromatic N) is 2. The molecule has 2 aliphatic heterocycles. The highest BCUT2D eigenvalue weighted by atomic mass is 19.4. The molecule has 0 spiro atoms. The largest absolute Gasteiger partial charge is 0.416 e. The van der Waals surface area contributed by atoms with Gasteiger partial charge in [-0.1, -0.05) is 24.0 Å². The van der Waals surface area contributed by atoms with Crippen molar-refractivity contribution in [1.29, 1.82) is 0 Å². The summed E-state index contributed by atoms with van der Waals surface area (Å²) < 4.78 is 111. The Morgan fingerprint density at radius 3 is 2.08 bits per heavy atom. The molecule has 0 radical (unpaired) electrons. The molecule has 40 heavy (non-hydrogen) atoms. The Balaban J connectivity index is 1.57. The number of ether oxygens (including phenoxy) is 3. The number of halogens is 7. The van der Waals surface area contributed by atoms with Gasteiger partial charge in [0, 0.05) is 19.6 Å². The molecular weight excluding hydrogens is 545 g/mol. The Morgan fingerprint density at radius 2 is 1.48 bits per heavy atom. The van der Waals surface area contributed by atoms with E-state index in [9.17, 15) is 30.7 Å². The number of alkyl halides is 6. The minimum Gasteiger partial charge on any atom is -0.379 e. The summed E-state index contributed by atoms with van der Waals surface area (Å²) in [5, 5.41) is 0. The maximum absolute atomic E-state index is 13.7.